The van der Waals surface area contributed by atoms with Gasteiger partial charge >= 0.3 is 0 Å². The third-order valence-corrected chi connectivity index (χ3v) is 3.93. The van der Waals surface area contributed by atoms with Gasteiger partial charge in [0.25, 0.3) is 11.8 Å². The summed E-state index contributed by atoms with van der Waals surface area (Å²) in [4.78, 5) is 25.3. The van der Waals surface area contributed by atoms with Crippen molar-refractivity contribution in [2.24, 2.45) is 0 Å². The molecule has 0 unspecified atom stereocenters. The van der Waals surface area contributed by atoms with E-state index in [1.165, 1.54) is 18.0 Å². The maximum atomic E-state index is 12.1. The molecule has 1 aliphatic heterocycles. The van der Waals surface area contributed by atoms with Gasteiger partial charge in [-0.2, -0.15) is 0 Å². The third kappa shape index (κ3) is 3.53. The number of nitrogens with zero attached hydrogens (tertiary/aromatic N) is 1. The monoisotopic (exact) mass is 382 g/mol. The Kier molecular flexibility index (Phi) is 4.97. The van der Waals surface area contributed by atoms with E-state index in [0.717, 1.165) is 4.47 Å². The number of carbonyl (C=O) groups is 2. The summed E-state index contributed by atoms with van der Waals surface area (Å²) in [5.41, 5.74) is 0.753. The fraction of sp³-hybridized carbons (Fsp3) is 0.267. The van der Waals surface area contributed by atoms with Crippen molar-refractivity contribution in [3.63, 3.8) is 0 Å². The zero-order valence-corrected chi connectivity index (χ0v) is 14.7. The number of ether oxygens (including phenoxy) is 1. The minimum Gasteiger partial charge on any atom is -0.490 e. The van der Waals surface area contributed by atoms with Gasteiger partial charge in [-0.25, -0.2) is 0 Å². The van der Waals surface area contributed by atoms with Crippen molar-refractivity contribution in [2.45, 2.75) is 20.0 Å². The predicted molar refractivity (Wildman–Crippen MR) is 91.4 cm³/mol. The van der Waals surface area contributed by atoms with Gasteiger partial charge in [0.05, 0.1) is 10.6 Å². The highest BCUT2D eigenvalue weighted by atomic mass is 79.9. The smallest absolute Gasteiger partial charge is 0.265 e. The lowest BCUT2D eigenvalue weighted by atomic mass is 10.1. The number of rotatable bonds is 3. The standard InChI is InChI=1S/C15H15BrN2O3S/c1-8(2)21-12-5-4-9(7-11(12)16)6-10-13(19)17-15(22)18(3)14(10)20/h4-8H,1-3H3,(H,17,19,22)/b10-6+. The molecule has 0 bridgehead atoms. The van der Waals surface area contributed by atoms with Crippen molar-refractivity contribution in [3.05, 3.63) is 33.8 Å². The van der Waals surface area contributed by atoms with Gasteiger partial charge in [-0.3, -0.25) is 19.8 Å². The minimum atomic E-state index is -0.494. The SMILES string of the molecule is CC(C)Oc1ccc(/C=C2\C(=O)NC(=S)N(C)C2=O)cc1Br. The molecule has 1 aromatic carbocycles. The topological polar surface area (TPSA) is 58.6 Å². The number of hydrogen-bond acceptors (Lipinski definition) is 4. The second-order valence-electron chi connectivity index (χ2n) is 5.04. The first-order chi connectivity index (χ1) is 10.3. The van der Waals surface area contributed by atoms with Crippen LogP contribution in [0.25, 0.3) is 6.08 Å². The molecule has 0 spiro atoms. The normalized spacial score (nSPS) is 17.2. The van der Waals surface area contributed by atoms with Gasteiger partial charge < -0.3 is 4.74 Å². The average molecular weight is 383 g/mol. The van der Waals surface area contributed by atoms with Crippen LogP contribution in [0.15, 0.2) is 28.2 Å². The van der Waals surface area contributed by atoms with Gasteiger partial charge in [0.15, 0.2) is 5.11 Å². The Morgan fingerprint density at radius 3 is 2.64 bits per heavy atom. The minimum absolute atomic E-state index is 0.0422. The van der Waals surface area contributed by atoms with Gasteiger partial charge in [-0.05, 0) is 65.8 Å². The fourth-order valence-corrected chi connectivity index (χ4v) is 2.53. The van der Waals surface area contributed by atoms with Crippen LogP contribution in [0, 0.1) is 0 Å². The number of thiocarbonyl (C=S) groups is 1. The van der Waals surface area contributed by atoms with Gasteiger partial charge in [0.1, 0.15) is 11.3 Å². The zero-order valence-electron chi connectivity index (χ0n) is 12.3. The summed E-state index contributed by atoms with van der Waals surface area (Å²) in [5, 5.41) is 2.58. The molecule has 116 valence electrons. The molecule has 1 heterocycles. The van der Waals surface area contributed by atoms with Crippen LogP contribution in [0.3, 0.4) is 0 Å². The van der Waals surface area contributed by atoms with Crippen molar-refractivity contribution in [1.29, 1.82) is 0 Å². The maximum absolute atomic E-state index is 12.1. The summed E-state index contributed by atoms with van der Waals surface area (Å²) in [7, 11) is 1.52. The number of nitrogens with one attached hydrogen (secondary N) is 1. The van der Waals surface area contributed by atoms with E-state index in [2.05, 4.69) is 21.2 Å². The van der Waals surface area contributed by atoms with Crippen LogP contribution in [-0.2, 0) is 9.59 Å². The first kappa shape index (κ1) is 16.6. The summed E-state index contributed by atoms with van der Waals surface area (Å²) < 4.78 is 6.38. The van der Waals surface area contributed by atoms with Crippen molar-refractivity contribution in [1.82, 2.24) is 10.2 Å². The molecule has 1 fully saturated rings. The molecule has 0 radical (unpaired) electrons. The lowest BCUT2D eigenvalue weighted by molar-refractivity contribution is -0.128. The van der Waals surface area contributed by atoms with Crippen LogP contribution in [0.1, 0.15) is 19.4 Å². The number of likely N-dealkylation sites (N-methyl/N-ethyl adjacent to an activating group) is 1. The van der Waals surface area contributed by atoms with Crippen molar-refractivity contribution >= 4 is 51.2 Å². The quantitative estimate of drug-likeness (QED) is 0.495. The van der Waals surface area contributed by atoms with E-state index in [0.29, 0.717) is 11.3 Å². The maximum Gasteiger partial charge on any atom is 0.265 e. The molecular weight excluding hydrogens is 368 g/mol. The average Bonchev–Trinajstić information content (AvgIpc) is 2.43. The highest BCUT2D eigenvalue weighted by molar-refractivity contribution is 9.10. The van der Waals surface area contributed by atoms with Crippen LogP contribution in [0.2, 0.25) is 0 Å². The van der Waals surface area contributed by atoms with Gasteiger partial charge in [-0.1, -0.05) is 6.07 Å². The summed E-state index contributed by atoms with van der Waals surface area (Å²) in [6, 6.07) is 5.36. The molecule has 0 aliphatic carbocycles. The molecule has 1 aromatic rings. The van der Waals surface area contributed by atoms with Crippen molar-refractivity contribution in [3.8, 4) is 5.75 Å². The van der Waals surface area contributed by atoms with Crippen molar-refractivity contribution in [2.75, 3.05) is 7.05 Å². The largest absolute Gasteiger partial charge is 0.490 e. The summed E-state index contributed by atoms with van der Waals surface area (Å²) >= 11 is 8.32. The molecule has 1 saturated heterocycles. The Morgan fingerprint density at radius 2 is 2.05 bits per heavy atom. The van der Waals surface area contributed by atoms with Crippen molar-refractivity contribution < 1.29 is 14.3 Å². The number of carbonyl (C=O) groups excluding carboxylic acids is 2. The Bertz CT molecular complexity index is 685. The highest BCUT2D eigenvalue weighted by Gasteiger charge is 2.30. The van der Waals surface area contributed by atoms with E-state index >= 15 is 0 Å². The molecule has 5 nitrogen and oxygen atoms in total. The molecular formula is C15H15BrN2O3S. The van der Waals surface area contributed by atoms with Crippen LogP contribution >= 0.6 is 28.1 Å². The summed E-state index contributed by atoms with van der Waals surface area (Å²) in [5.74, 6) is -0.214. The molecule has 1 N–H and O–H groups in total. The van der Waals surface area contributed by atoms with Crippen LogP contribution < -0.4 is 10.1 Å². The van der Waals surface area contributed by atoms with Gasteiger partial charge in [0, 0.05) is 7.05 Å². The number of amides is 2. The molecule has 7 heteroatoms. The van der Waals surface area contributed by atoms with E-state index < -0.39 is 11.8 Å². The molecule has 2 rings (SSSR count). The lowest BCUT2D eigenvalue weighted by Gasteiger charge is -2.25. The predicted octanol–water partition coefficient (Wildman–Crippen LogP) is 2.49. The highest BCUT2D eigenvalue weighted by Crippen LogP contribution is 2.28. The molecule has 1 aliphatic rings. The first-order valence-corrected chi connectivity index (χ1v) is 7.81. The van der Waals surface area contributed by atoms with E-state index in [1.54, 1.807) is 18.2 Å². The van der Waals surface area contributed by atoms with E-state index in [4.69, 9.17) is 17.0 Å². The van der Waals surface area contributed by atoms with Crippen LogP contribution in [0.4, 0.5) is 0 Å². The van der Waals surface area contributed by atoms with Gasteiger partial charge in [-0.15, -0.1) is 0 Å². The van der Waals surface area contributed by atoms with Crippen LogP contribution in [-0.4, -0.2) is 35.0 Å². The Labute approximate surface area is 142 Å². The first-order valence-electron chi connectivity index (χ1n) is 6.61. The van der Waals surface area contributed by atoms with E-state index in [1.807, 2.05) is 13.8 Å². The van der Waals surface area contributed by atoms with Crippen LogP contribution in [0.5, 0.6) is 5.75 Å². The molecule has 22 heavy (non-hydrogen) atoms. The van der Waals surface area contributed by atoms with E-state index in [-0.39, 0.29) is 16.8 Å². The molecule has 0 aromatic heterocycles. The molecule has 0 atom stereocenters. The number of hydrogen-bond donors (Lipinski definition) is 1. The van der Waals surface area contributed by atoms with E-state index in [9.17, 15) is 9.59 Å². The Balaban J connectivity index is 2.32. The molecule has 2 amide bonds. The number of halogens is 1. The fourth-order valence-electron chi connectivity index (χ4n) is 1.87. The lowest BCUT2D eigenvalue weighted by Crippen LogP contribution is -2.52. The summed E-state index contributed by atoms with van der Waals surface area (Å²) in [6.07, 6.45) is 1.58. The zero-order chi connectivity index (χ0) is 16.4. The number of benzene rings is 1. The Hall–Kier alpha value is -1.73. The molecule has 0 saturated carbocycles. The van der Waals surface area contributed by atoms with Gasteiger partial charge in [0.2, 0.25) is 0 Å². The Morgan fingerprint density at radius 1 is 1.36 bits per heavy atom. The second-order valence-corrected chi connectivity index (χ2v) is 6.28. The second kappa shape index (κ2) is 6.58. The summed E-state index contributed by atoms with van der Waals surface area (Å²) in [6.45, 7) is 3.87. The third-order valence-electron chi connectivity index (χ3n) is 2.93.